The number of carbonyl (C=O) groups is 2. The summed E-state index contributed by atoms with van der Waals surface area (Å²) in [6, 6.07) is 5.31. The van der Waals surface area contributed by atoms with Crippen molar-refractivity contribution in [1.29, 1.82) is 0 Å². The second kappa shape index (κ2) is 7.75. The lowest BCUT2D eigenvalue weighted by Gasteiger charge is -2.40. The van der Waals surface area contributed by atoms with Crippen LogP contribution >= 0.6 is 0 Å². The summed E-state index contributed by atoms with van der Waals surface area (Å²) >= 11 is 0. The molecule has 0 spiro atoms. The van der Waals surface area contributed by atoms with Gasteiger partial charge in [0.1, 0.15) is 11.9 Å². The highest BCUT2D eigenvalue weighted by atomic mass is 19.1. The van der Waals surface area contributed by atoms with Crippen molar-refractivity contribution in [3.05, 3.63) is 35.6 Å². The average molecular weight is 335 g/mol. The molecule has 24 heavy (non-hydrogen) atoms. The number of hydrogen-bond acceptors (Lipinski definition) is 3. The summed E-state index contributed by atoms with van der Waals surface area (Å²) in [6.45, 7) is 4.16. The van der Waals surface area contributed by atoms with Crippen LogP contribution in [0.1, 0.15) is 44.7 Å². The fraction of sp³-hybridized carbons (Fsp3) is 0.556. The Kier molecular flexibility index (Phi) is 5.94. The lowest BCUT2D eigenvalue weighted by molar-refractivity contribution is -0.139. The Morgan fingerprint density at radius 1 is 1.33 bits per heavy atom. The van der Waals surface area contributed by atoms with Crippen LogP contribution in [0.15, 0.2) is 24.3 Å². The van der Waals surface area contributed by atoms with Crippen LogP contribution in [0.4, 0.5) is 4.39 Å². The topological polar surface area (TPSA) is 66.6 Å². The van der Waals surface area contributed by atoms with E-state index in [4.69, 9.17) is 5.73 Å². The van der Waals surface area contributed by atoms with Crippen LogP contribution in [-0.4, -0.2) is 47.3 Å². The zero-order chi connectivity index (χ0) is 17.9. The number of likely N-dealkylation sites (tertiary alicyclic amines) is 1. The lowest BCUT2D eigenvalue weighted by Crippen LogP contribution is -2.51. The molecule has 0 saturated carbocycles. The maximum Gasteiger partial charge on any atom is 0.239 e. The number of primary amides is 1. The van der Waals surface area contributed by atoms with Gasteiger partial charge in [0, 0.05) is 12.1 Å². The van der Waals surface area contributed by atoms with Gasteiger partial charge >= 0.3 is 0 Å². The normalized spacial score (nSPS) is 22.5. The molecular weight excluding hydrogens is 309 g/mol. The van der Waals surface area contributed by atoms with Gasteiger partial charge in [-0.3, -0.25) is 14.5 Å². The number of halogens is 1. The number of hydrogen-bond donors (Lipinski definition) is 1. The molecule has 0 aromatic heterocycles. The molecule has 2 amide bonds. The van der Waals surface area contributed by atoms with Crippen molar-refractivity contribution in [1.82, 2.24) is 9.80 Å². The molecule has 1 aromatic carbocycles. The fourth-order valence-electron chi connectivity index (χ4n) is 3.61. The maximum atomic E-state index is 13.5. The minimum Gasteiger partial charge on any atom is -0.368 e. The number of piperidine rings is 1. The third kappa shape index (κ3) is 4.12. The van der Waals surface area contributed by atoms with Crippen molar-refractivity contribution < 1.29 is 14.0 Å². The van der Waals surface area contributed by atoms with E-state index in [1.807, 2.05) is 18.7 Å². The van der Waals surface area contributed by atoms with Crippen molar-refractivity contribution in [2.75, 3.05) is 13.6 Å². The van der Waals surface area contributed by atoms with Crippen molar-refractivity contribution in [2.24, 2.45) is 5.73 Å². The van der Waals surface area contributed by atoms with Crippen LogP contribution < -0.4 is 5.73 Å². The molecule has 6 heteroatoms. The monoisotopic (exact) mass is 335 g/mol. The standard InChI is InChI=1S/C18H26FN3O2/c1-12-6-4-7-13(2)22(12)16(23)11-21(3)17(18(20)24)14-8-5-9-15(19)10-14/h5,8-10,12-13,17H,4,6-7,11H2,1-3H3,(H2,20,24). The second-order valence-electron chi connectivity index (χ2n) is 6.70. The van der Waals surface area contributed by atoms with E-state index in [1.165, 1.54) is 18.2 Å². The largest absolute Gasteiger partial charge is 0.368 e. The van der Waals surface area contributed by atoms with Crippen LogP contribution in [0.3, 0.4) is 0 Å². The van der Waals surface area contributed by atoms with Gasteiger partial charge in [0.05, 0.1) is 6.54 Å². The van der Waals surface area contributed by atoms with Gasteiger partial charge in [-0.2, -0.15) is 0 Å². The van der Waals surface area contributed by atoms with Gasteiger partial charge in [0.15, 0.2) is 0 Å². The molecule has 2 rings (SSSR count). The number of rotatable bonds is 5. The van der Waals surface area contributed by atoms with E-state index in [0.717, 1.165) is 19.3 Å². The Bertz CT molecular complexity index is 598. The Balaban J connectivity index is 2.14. The summed E-state index contributed by atoms with van der Waals surface area (Å²) in [5.41, 5.74) is 5.96. The summed E-state index contributed by atoms with van der Waals surface area (Å²) in [5.74, 6) is -1.06. The second-order valence-corrected chi connectivity index (χ2v) is 6.70. The summed E-state index contributed by atoms with van der Waals surface area (Å²) in [4.78, 5) is 28.1. The average Bonchev–Trinajstić information content (AvgIpc) is 2.46. The molecule has 132 valence electrons. The Morgan fingerprint density at radius 2 is 1.96 bits per heavy atom. The third-order valence-corrected chi connectivity index (χ3v) is 4.74. The van der Waals surface area contributed by atoms with Crippen LogP contribution in [0.5, 0.6) is 0 Å². The lowest BCUT2D eigenvalue weighted by atomic mass is 9.97. The zero-order valence-electron chi connectivity index (χ0n) is 14.5. The predicted octanol–water partition coefficient (Wildman–Crippen LogP) is 2.07. The fourth-order valence-corrected chi connectivity index (χ4v) is 3.61. The first kappa shape index (κ1) is 18.4. The minimum atomic E-state index is -0.833. The molecule has 1 heterocycles. The molecule has 3 unspecified atom stereocenters. The first-order valence-corrected chi connectivity index (χ1v) is 8.37. The number of nitrogens with zero attached hydrogens (tertiary/aromatic N) is 2. The molecule has 1 aliphatic rings. The molecule has 1 aliphatic heterocycles. The minimum absolute atomic E-state index is 0.0279. The highest BCUT2D eigenvalue weighted by Gasteiger charge is 2.32. The van der Waals surface area contributed by atoms with E-state index in [0.29, 0.717) is 5.56 Å². The van der Waals surface area contributed by atoms with Crippen LogP contribution in [0, 0.1) is 5.82 Å². The van der Waals surface area contributed by atoms with Gasteiger partial charge in [0.2, 0.25) is 11.8 Å². The summed E-state index contributed by atoms with van der Waals surface area (Å²) in [6.07, 6.45) is 3.10. The number of nitrogens with two attached hydrogens (primary N) is 1. The molecular formula is C18H26FN3O2. The van der Waals surface area contributed by atoms with Gasteiger partial charge in [-0.25, -0.2) is 4.39 Å². The van der Waals surface area contributed by atoms with Crippen molar-refractivity contribution in [3.8, 4) is 0 Å². The van der Waals surface area contributed by atoms with Crippen LogP contribution in [-0.2, 0) is 9.59 Å². The highest BCUT2D eigenvalue weighted by Crippen LogP contribution is 2.24. The van der Waals surface area contributed by atoms with E-state index in [9.17, 15) is 14.0 Å². The first-order valence-electron chi connectivity index (χ1n) is 8.37. The highest BCUT2D eigenvalue weighted by molar-refractivity contribution is 5.83. The van der Waals surface area contributed by atoms with Crippen LogP contribution in [0.25, 0.3) is 0 Å². The smallest absolute Gasteiger partial charge is 0.239 e. The van der Waals surface area contributed by atoms with Gasteiger partial charge in [-0.1, -0.05) is 12.1 Å². The molecule has 0 radical (unpaired) electrons. The zero-order valence-corrected chi connectivity index (χ0v) is 14.5. The first-order chi connectivity index (χ1) is 11.3. The molecule has 2 N–H and O–H groups in total. The Morgan fingerprint density at radius 3 is 2.50 bits per heavy atom. The van der Waals surface area contributed by atoms with E-state index < -0.39 is 17.8 Å². The Hall–Kier alpha value is -1.95. The third-order valence-electron chi connectivity index (χ3n) is 4.74. The predicted molar refractivity (Wildman–Crippen MR) is 90.6 cm³/mol. The molecule has 0 aliphatic carbocycles. The quantitative estimate of drug-likeness (QED) is 0.896. The van der Waals surface area contributed by atoms with Gasteiger partial charge in [-0.05, 0) is 57.9 Å². The number of amides is 2. The maximum absolute atomic E-state index is 13.5. The van der Waals surface area contributed by atoms with E-state index in [-0.39, 0.29) is 24.5 Å². The van der Waals surface area contributed by atoms with E-state index in [1.54, 1.807) is 18.0 Å². The SMILES string of the molecule is CC1CCCC(C)N1C(=O)CN(C)C(C(N)=O)c1cccc(F)c1. The van der Waals surface area contributed by atoms with Gasteiger partial charge in [0.25, 0.3) is 0 Å². The summed E-state index contributed by atoms with van der Waals surface area (Å²) in [5, 5.41) is 0. The van der Waals surface area contributed by atoms with Gasteiger partial charge < -0.3 is 10.6 Å². The van der Waals surface area contributed by atoms with Crippen molar-refractivity contribution in [2.45, 2.75) is 51.2 Å². The summed E-state index contributed by atoms with van der Waals surface area (Å²) in [7, 11) is 1.66. The Labute approximate surface area is 142 Å². The van der Waals surface area contributed by atoms with E-state index in [2.05, 4.69) is 0 Å². The van der Waals surface area contributed by atoms with Gasteiger partial charge in [-0.15, -0.1) is 0 Å². The number of carbonyl (C=O) groups excluding carboxylic acids is 2. The van der Waals surface area contributed by atoms with Crippen molar-refractivity contribution >= 4 is 11.8 Å². The summed E-state index contributed by atoms with van der Waals surface area (Å²) < 4.78 is 13.5. The molecule has 0 bridgehead atoms. The molecule has 5 nitrogen and oxygen atoms in total. The van der Waals surface area contributed by atoms with E-state index >= 15 is 0 Å². The van der Waals surface area contributed by atoms with Crippen LogP contribution in [0.2, 0.25) is 0 Å². The molecule has 1 fully saturated rings. The number of likely N-dealkylation sites (N-methyl/N-ethyl adjacent to an activating group) is 1. The number of benzene rings is 1. The molecule has 1 saturated heterocycles. The molecule has 3 atom stereocenters. The molecule has 1 aromatic rings. The van der Waals surface area contributed by atoms with Crippen molar-refractivity contribution in [3.63, 3.8) is 0 Å².